The molecule has 0 aromatic heterocycles. The fourth-order valence-corrected chi connectivity index (χ4v) is 3.14. The molecule has 1 aliphatic heterocycles. The van der Waals surface area contributed by atoms with Crippen molar-refractivity contribution in [3.63, 3.8) is 0 Å². The molecule has 1 amide bonds. The van der Waals surface area contributed by atoms with Crippen molar-refractivity contribution in [2.75, 3.05) is 26.2 Å². The average molecular weight is 283 g/mol. The van der Waals surface area contributed by atoms with E-state index in [1.165, 1.54) is 19.3 Å². The number of nitrogens with one attached hydrogen (secondary N) is 1. The zero-order valence-corrected chi connectivity index (χ0v) is 14.0. The summed E-state index contributed by atoms with van der Waals surface area (Å²) in [7, 11) is 0. The van der Waals surface area contributed by atoms with Gasteiger partial charge in [-0.1, -0.05) is 13.3 Å². The van der Waals surface area contributed by atoms with Gasteiger partial charge in [0, 0.05) is 24.7 Å². The highest BCUT2D eigenvalue weighted by molar-refractivity contribution is 5.78. The van der Waals surface area contributed by atoms with Gasteiger partial charge in [-0.2, -0.15) is 0 Å². The summed E-state index contributed by atoms with van der Waals surface area (Å²) in [5.41, 5.74) is 0. The molecule has 1 unspecified atom stereocenters. The topological polar surface area (TPSA) is 35.6 Å². The first kappa shape index (κ1) is 17.4. The largest absolute Gasteiger partial charge is 0.337 e. The maximum Gasteiger partial charge on any atom is 0.237 e. The summed E-state index contributed by atoms with van der Waals surface area (Å²) in [6.45, 7) is 14.1. The average Bonchev–Trinajstić information content (AvgIpc) is 2.38. The van der Waals surface area contributed by atoms with Crippen molar-refractivity contribution < 1.29 is 4.79 Å². The molecule has 4 nitrogen and oxygen atoms in total. The van der Waals surface area contributed by atoms with Crippen molar-refractivity contribution in [3.8, 4) is 0 Å². The molecule has 1 fully saturated rings. The van der Waals surface area contributed by atoms with Gasteiger partial charge in [0.1, 0.15) is 0 Å². The Morgan fingerprint density at radius 1 is 1.20 bits per heavy atom. The van der Waals surface area contributed by atoms with Crippen LogP contribution in [0.2, 0.25) is 0 Å². The van der Waals surface area contributed by atoms with Crippen molar-refractivity contribution in [3.05, 3.63) is 0 Å². The van der Waals surface area contributed by atoms with Gasteiger partial charge in [-0.05, 0) is 53.6 Å². The van der Waals surface area contributed by atoms with Gasteiger partial charge in [-0.15, -0.1) is 0 Å². The Hall–Kier alpha value is -0.610. The fourth-order valence-electron chi connectivity index (χ4n) is 3.14. The fraction of sp³-hybridized carbons (Fsp3) is 0.938. The Balaban J connectivity index is 2.51. The Labute approximate surface area is 124 Å². The molecule has 20 heavy (non-hydrogen) atoms. The van der Waals surface area contributed by atoms with Crippen LogP contribution in [0.3, 0.4) is 0 Å². The van der Waals surface area contributed by atoms with Crippen LogP contribution in [0.25, 0.3) is 0 Å². The second-order valence-corrected chi connectivity index (χ2v) is 6.46. The molecule has 0 radical (unpaired) electrons. The highest BCUT2D eigenvalue weighted by Gasteiger charge is 2.23. The number of hydrogen-bond donors (Lipinski definition) is 1. The van der Waals surface area contributed by atoms with Crippen LogP contribution in [-0.4, -0.2) is 60.0 Å². The van der Waals surface area contributed by atoms with Crippen molar-refractivity contribution in [2.24, 2.45) is 0 Å². The van der Waals surface area contributed by atoms with Crippen LogP contribution in [0.1, 0.15) is 53.9 Å². The maximum atomic E-state index is 12.5. The minimum absolute atomic E-state index is 0.257. The van der Waals surface area contributed by atoms with Gasteiger partial charge in [-0.3, -0.25) is 9.69 Å². The summed E-state index contributed by atoms with van der Waals surface area (Å²) in [4.78, 5) is 16.8. The minimum Gasteiger partial charge on any atom is -0.337 e. The quantitative estimate of drug-likeness (QED) is 0.777. The van der Waals surface area contributed by atoms with Crippen LogP contribution in [0.15, 0.2) is 0 Å². The van der Waals surface area contributed by atoms with Crippen LogP contribution in [0, 0.1) is 0 Å². The Morgan fingerprint density at radius 3 is 2.30 bits per heavy atom. The minimum atomic E-state index is 0.257. The van der Waals surface area contributed by atoms with E-state index < -0.39 is 0 Å². The summed E-state index contributed by atoms with van der Waals surface area (Å²) in [6, 6.07) is 1.10. The molecule has 1 atom stereocenters. The number of likely N-dealkylation sites (N-methyl/N-ethyl adjacent to an activating group) is 1. The Morgan fingerprint density at radius 2 is 1.85 bits per heavy atom. The van der Waals surface area contributed by atoms with Gasteiger partial charge < -0.3 is 10.2 Å². The van der Waals surface area contributed by atoms with E-state index in [0.29, 0.717) is 12.6 Å². The molecular weight excluding hydrogens is 250 g/mol. The standard InChI is InChI=1S/C16H33N3O/c1-6-18(11-15-9-7-8-10-17-15)12-16(20)19(13(2)3)14(4)5/h13-15,17H,6-12H2,1-5H3. The first-order valence-corrected chi connectivity index (χ1v) is 8.22. The van der Waals surface area contributed by atoms with E-state index in [1.54, 1.807) is 0 Å². The van der Waals surface area contributed by atoms with E-state index in [0.717, 1.165) is 19.6 Å². The molecule has 1 rings (SSSR count). The SMILES string of the molecule is CCN(CC(=O)N(C(C)C)C(C)C)CC1CCCCN1. The van der Waals surface area contributed by atoms with Crippen molar-refractivity contribution >= 4 is 5.91 Å². The van der Waals surface area contributed by atoms with E-state index in [9.17, 15) is 4.79 Å². The van der Waals surface area contributed by atoms with Crippen LogP contribution >= 0.6 is 0 Å². The molecule has 0 bridgehead atoms. The number of amides is 1. The molecule has 0 aromatic carbocycles. The molecular formula is C16H33N3O. The first-order valence-electron chi connectivity index (χ1n) is 8.22. The predicted molar refractivity (Wildman–Crippen MR) is 84.9 cm³/mol. The lowest BCUT2D eigenvalue weighted by molar-refractivity contribution is -0.136. The van der Waals surface area contributed by atoms with E-state index >= 15 is 0 Å². The van der Waals surface area contributed by atoms with E-state index in [2.05, 4.69) is 44.8 Å². The molecule has 0 spiro atoms. The van der Waals surface area contributed by atoms with E-state index in [-0.39, 0.29) is 18.0 Å². The molecule has 1 heterocycles. The zero-order valence-electron chi connectivity index (χ0n) is 14.0. The van der Waals surface area contributed by atoms with Gasteiger partial charge >= 0.3 is 0 Å². The Bertz CT molecular complexity index is 277. The second kappa shape index (κ2) is 8.63. The lowest BCUT2D eigenvalue weighted by atomic mass is 10.0. The number of piperidine rings is 1. The number of carbonyl (C=O) groups excluding carboxylic acids is 1. The number of rotatable bonds is 7. The zero-order chi connectivity index (χ0) is 15.1. The molecule has 0 saturated carbocycles. The van der Waals surface area contributed by atoms with Crippen LogP contribution < -0.4 is 5.32 Å². The molecule has 1 saturated heterocycles. The van der Waals surface area contributed by atoms with Crippen molar-refractivity contribution in [1.29, 1.82) is 0 Å². The molecule has 4 heteroatoms. The number of hydrogen-bond acceptors (Lipinski definition) is 3. The van der Waals surface area contributed by atoms with Crippen LogP contribution in [-0.2, 0) is 4.79 Å². The highest BCUT2D eigenvalue weighted by Crippen LogP contribution is 2.10. The molecule has 0 aliphatic carbocycles. The molecule has 1 N–H and O–H groups in total. The third kappa shape index (κ3) is 5.41. The van der Waals surface area contributed by atoms with Crippen LogP contribution in [0.4, 0.5) is 0 Å². The summed E-state index contributed by atoms with van der Waals surface area (Å²) < 4.78 is 0. The third-order valence-corrected chi connectivity index (χ3v) is 4.10. The summed E-state index contributed by atoms with van der Waals surface area (Å²) in [5, 5.41) is 3.57. The Kier molecular flexibility index (Phi) is 7.52. The van der Waals surface area contributed by atoms with Gasteiger partial charge in [0.05, 0.1) is 6.54 Å². The van der Waals surface area contributed by atoms with Gasteiger partial charge in [-0.25, -0.2) is 0 Å². The molecule has 118 valence electrons. The monoisotopic (exact) mass is 283 g/mol. The maximum absolute atomic E-state index is 12.5. The van der Waals surface area contributed by atoms with Crippen molar-refractivity contribution in [1.82, 2.24) is 15.1 Å². The molecule has 0 aromatic rings. The summed E-state index contributed by atoms with van der Waals surface area (Å²) in [5.74, 6) is 0.257. The second-order valence-electron chi connectivity index (χ2n) is 6.46. The summed E-state index contributed by atoms with van der Waals surface area (Å²) >= 11 is 0. The van der Waals surface area contributed by atoms with Crippen molar-refractivity contribution in [2.45, 2.75) is 72.0 Å². The van der Waals surface area contributed by atoms with Gasteiger partial charge in [0.15, 0.2) is 0 Å². The van der Waals surface area contributed by atoms with E-state index in [4.69, 9.17) is 0 Å². The highest BCUT2D eigenvalue weighted by atomic mass is 16.2. The normalized spacial score (nSPS) is 19.9. The van der Waals surface area contributed by atoms with Gasteiger partial charge in [0.2, 0.25) is 5.91 Å². The van der Waals surface area contributed by atoms with Crippen LogP contribution in [0.5, 0.6) is 0 Å². The number of nitrogens with zero attached hydrogens (tertiary/aromatic N) is 2. The smallest absolute Gasteiger partial charge is 0.237 e. The summed E-state index contributed by atoms with van der Waals surface area (Å²) in [6.07, 6.45) is 3.84. The van der Waals surface area contributed by atoms with E-state index in [1.807, 2.05) is 4.90 Å². The first-order chi connectivity index (χ1) is 9.45. The number of carbonyl (C=O) groups is 1. The predicted octanol–water partition coefficient (Wildman–Crippen LogP) is 2.10. The van der Waals surface area contributed by atoms with Gasteiger partial charge in [0.25, 0.3) is 0 Å². The lowest BCUT2D eigenvalue weighted by Crippen LogP contribution is -2.50. The molecule has 1 aliphatic rings. The lowest BCUT2D eigenvalue weighted by Gasteiger charge is -2.34. The third-order valence-electron chi connectivity index (χ3n) is 4.10.